The van der Waals surface area contributed by atoms with Crippen LogP contribution in [-0.2, 0) is 14.3 Å². The summed E-state index contributed by atoms with van der Waals surface area (Å²) in [5.41, 5.74) is -0.847. The van der Waals surface area contributed by atoms with Gasteiger partial charge in [0.15, 0.2) is 0 Å². The predicted octanol–water partition coefficient (Wildman–Crippen LogP) is 2.58. The lowest BCUT2D eigenvalue weighted by atomic mass is 9.94. The molecule has 2 atom stereocenters. The zero-order chi connectivity index (χ0) is 15.7. The molecule has 0 aliphatic carbocycles. The van der Waals surface area contributed by atoms with E-state index < -0.39 is 11.5 Å². The smallest absolute Gasteiger partial charge is 0.323 e. The van der Waals surface area contributed by atoms with E-state index in [-0.39, 0.29) is 12.1 Å². The van der Waals surface area contributed by atoms with Crippen molar-refractivity contribution in [2.24, 2.45) is 0 Å². The summed E-state index contributed by atoms with van der Waals surface area (Å²) in [5, 5.41) is 12.5. The first-order valence-electron chi connectivity index (χ1n) is 8.14. The van der Waals surface area contributed by atoms with Crippen LogP contribution in [0.3, 0.4) is 0 Å². The Morgan fingerprint density at radius 1 is 1.43 bits per heavy atom. The molecule has 0 spiro atoms. The molecule has 0 aromatic carbocycles. The molecular formula is C16H31NO4. The highest BCUT2D eigenvalue weighted by molar-refractivity contribution is 5.78. The molecule has 0 amide bonds. The van der Waals surface area contributed by atoms with Gasteiger partial charge in [-0.1, -0.05) is 0 Å². The number of carboxylic acids is 1. The molecule has 0 saturated carbocycles. The second kappa shape index (κ2) is 9.38. The minimum atomic E-state index is -0.847. The van der Waals surface area contributed by atoms with Crippen LogP contribution < -0.4 is 5.32 Å². The number of ether oxygens (including phenoxy) is 2. The minimum absolute atomic E-state index is 0.158. The number of unbranched alkanes of at least 4 members (excludes halogenated alkanes) is 1. The summed E-state index contributed by atoms with van der Waals surface area (Å²) < 4.78 is 11.2. The van der Waals surface area contributed by atoms with E-state index in [1.807, 2.05) is 13.8 Å². The van der Waals surface area contributed by atoms with E-state index in [0.29, 0.717) is 19.6 Å². The van der Waals surface area contributed by atoms with Gasteiger partial charge in [0, 0.05) is 19.3 Å². The van der Waals surface area contributed by atoms with Crippen molar-refractivity contribution in [1.29, 1.82) is 0 Å². The molecule has 0 aromatic heterocycles. The molecule has 2 unspecified atom stereocenters. The third-order valence-corrected chi connectivity index (χ3v) is 3.87. The monoisotopic (exact) mass is 301 g/mol. The molecule has 5 heteroatoms. The van der Waals surface area contributed by atoms with Crippen molar-refractivity contribution in [3.05, 3.63) is 0 Å². The van der Waals surface area contributed by atoms with Crippen LogP contribution in [-0.4, -0.2) is 48.6 Å². The summed E-state index contributed by atoms with van der Waals surface area (Å²) >= 11 is 0. The summed E-state index contributed by atoms with van der Waals surface area (Å²) in [6.07, 6.45) is 6.08. The number of nitrogens with one attached hydrogen (secondary N) is 1. The molecule has 0 bridgehead atoms. The minimum Gasteiger partial charge on any atom is -0.480 e. The third kappa shape index (κ3) is 7.25. The maximum absolute atomic E-state index is 11.4. The van der Waals surface area contributed by atoms with Gasteiger partial charge in [-0.15, -0.1) is 0 Å². The van der Waals surface area contributed by atoms with Crippen LogP contribution in [0.4, 0.5) is 0 Å². The number of hydrogen-bond donors (Lipinski definition) is 2. The first-order chi connectivity index (χ1) is 9.94. The lowest BCUT2D eigenvalue weighted by Crippen LogP contribution is -2.52. The molecule has 1 heterocycles. The molecule has 2 N–H and O–H groups in total. The molecule has 1 rings (SSSR count). The lowest BCUT2D eigenvalue weighted by Gasteiger charge is -2.28. The van der Waals surface area contributed by atoms with Crippen molar-refractivity contribution in [3.63, 3.8) is 0 Å². The number of carboxylic acid groups (broad SMARTS) is 1. The Morgan fingerprint density at radius 2 is 2.19 bits per heavy atom. The van der Waals surface area contributed by atoms with Gasteiger partial charge in [0.25, 0.3) is 0 Å². The molecule has 1 saturated heterocycles. The van der Waals surface area contributed by atoms with Crippen LogP contribution in [0.1, 0.15) is 59.3 Å². The quantitative estimate of drug-likeness (QED) is 0.607. The standard InChI is InChI=1S/C16H31NO4/c1-13(2)17-16(3,15(18)19)9-5-7-10-20-12-14-8-4-6-11-21-14/h13-14,17H,4-12H2,1-3H3,(H,18,19). The largest absolute Gasteiger partial charge is 0.480 e. The normalized spacial score (nSPS) is 22.2. The van der Waals surface area contributed by atoms with E-state index in [2.05, 4.69) is 5.32 Å². The van der Waals surface area contributed by atoms with Crippen molar-refractivity contribution in [1.82, 2.24) is 5.32 Å². The Kier molecular flexibility index (Phi) is 8.22. The second-order valence-electron chi connectivity index (χ2n) is 6.46. The highest BCUT2D eigenvalue weighted by Gasteiger charge is 2.32. The molecule has 124 valence electrons. The van der Waals surface area contributed by atoms with E-state index in [1.165, 1.54) is 6.42 Å². The molecule has 21 heavy (non-hydrogen) atoms. The fraction of sp³-hybridized carbons (Fsp3) is 0.938. The van der Waals surface area contributed by atoms with Crippen LogP contribution in [0.25, 0.3) is 0 Å². The SMILES string of the molecule is CC(C)NC(C)(CCCCOCC1CCCCO1)C(=O)O. The summed E-state index contributed by atoms with van der Waals surface area (Å²) in [4.78, 5) is 11.4. The lowest BCUT2D eigenvalue weighted by molar-refractivity contribution is -0.144. The Labute approximate surface area is 128 Å². The summed E-state index contributed by atoms with van der Waals surface area (Å²) in [6.45, 7) is 7.89. The van der Waals surface area contributed by atoms with Crippen molar-refractivity contribution >= 4 is 5.97 Å². The average molecular weight is 301 g/mol. The average Bonchev–Trinajstić information content (AvgIpc) is 2.43. The van der Waals surface area contributed by atoms with Crippen LogP contribution in [0.15, 0.2) is 0 Å². The van der Waals surface area contributed by atoms with Gasteiger partial charge in [-0.05, 0) is 59.3 Å². The van der Waals surface area contributed by atoms with Crippen molar-refractivity contribution in [3.8, 4) is 0 Å². The van der Waals surface area contributed by atoms with Gasteiger partial charge in [0.05, 0.1) is 12.7 Å². The Hall–Kier alpha value is -0.650. The number of rotatable bonds is 10. The second-order valence-corrected chi connectivity index (χ2v) is 6.46. The Morgan fingerprint density at radius 3 is 2.76 bits per heavy atom. The number of hydrogen-bond acceptors (Lipinski definition) is 4. The van der Waals surface area contributed by atoms with Crippen LogP contribution >= 0.6 is 0 Å². The Balaban J connectivity index is 2.12. The summed E-state index contributed by atoms with van der Waals surface area (Å²) in [6, 6.07) is 0.158. The first-order valence-corrected chi connectivity index (χ1v) is 8.14. The molecule has 5 nitrogen and oxygen atoms in total. The molecule has 0 radical (unpaired) electrons. The van der Waals surface area contributed by atoms with Gasteiger partial charge >= 0.3 is 5.97 Å². The molecule has 1 aliphatic heterocycles. The summed E-state index contributed by atoms with van der Waals surface area (Å²) in [5.74, 6) is -0.785. The van der Waals surface area contributed by atoms with Crippen molar-refractivity contribution in [2.75, 3.05) is 19.8 Å². The van der Waals surface area contributed by atoms with Crippen LogP contribution in [0, 0.1) is 0 Å². The topological polar surface area (TPSA) is 67.8 Å². The molecular weight excluding hydrogens is 270 g/mol. The van der Waals surface area contributed by atoms with Gasteiger partial charge in [-0.2, -0.15) is 0 Å². The van der Waals surface area contributed by atoms with E-state index >= 15 is 0 Å². The number of aliphatic carboxylic acids is 1. The van der Waals surface area contributed by atoms with Crippen molar-refractivity contribution < 1.29 is 19.4 Å². The van der Waals surface area contributed by atoms with Crippen molar-refractivity contribution in [2.45, 2.75) is 77.0 Å². The van der Waals surface area contributed by atoms with Gasteiger partial charge in [0.2, 0.25) is 0 Å². The highest BCUT2D eigenvalue weighted by Crippen LogP contribution is 2.16. The number of carbonyl (C=O) groups is 1. The molecule has 1 aliphatic rings. The maximum atomic E-state index is 11.4. The van der Waals surface area contributed by atoms with E-state index in [0.717, 1.165) is 32.3 Å². The zero-order valence-corrected chi connectivity index (χ0v) is 13.7. The van der Waals surface area contributed by atoms with E-state index in [9.17, 15) is 9.90 Å². The fourth-order valence-corrected chi connectivity index (χ4v) is 2.71. The van der Waals surface area contributed by atoms with E-state index in [1.54, 1.807) is 6.92 Å². The maximum Gasteiger partial charge on any atom is 0.323 e. The third-order valence-electron chi connectivity index (χ3n) is 3.87. The first kappa shape index (κ1) is 18.4. The zero-order valence-electron chi connectivity index (χ0n) is 13.7. The predicted molar refractivity (Wildman–Crippen MR) is 82.6 cm³/mol. The van der Waals surface area contributed by atoms with Gasteiger partial charge in [-0.3, -0.25) is 10.1 Å². The van der Waals surface area contributed by atoms with Gasteiger partial charge < -0.3 is 14.6 Å². The van der Waals surface area contributed by atoms with Crippen LogP contribution in [0.2, 0.25) is 0 Å². The highest BCUT2D eigenvalue weighted by atomic mass is 16.5. The van der Waals surface area contributed by atoms with Gasteiger partial charge in [0.1, 0.15) is 5.54 Å². The molecule has 0 aromatic rings. The molecule has 1 fully saturated rings. The van der Waals surface area contributed by atoms with Gasteiger partial charge in [-0.25, -0.2) is 0 Å². The van der Waals surface area contributed by atoms with E-state index in [4.69, 9.17) is 9.47 Å². The Bertz CT molecular complexity index is 303. The fourth-order valence-electron chi connectivity index (χ4n) is 2.71. The van der Waals surface area contributed by atoms with Crippen LogP contribution in [0.5, 0.6) is 0 Å². The summed E-state index contributed by atoms with van der Waals surface area (Å²) in [7, 11) is 0.